The lowest BCUT2D eigenvalue weighted by Gasteiger charge is -2.09. The van der Waals surface area contributed by atoms with Crippen LogP contribution in [0.15, 0.2) is 30.3 Å². The first-order valence-electron chi connectivity index (χ1n) is 9.53. The highest BCUT2D eigenvalue weighted by atomic mass is 32.1. The number of carbonyl (C=O) groups excluding carboxylic acids is 2. The Morgan fingerprint density at radius 1 is 1.24 bits per heavy atom. The molecular weight excluding hydrogens is 388 g/mol. The first-order chi connectivity index (χ1) is 14.1. The molecular formula is C22H22N2O4S. The van der Waals surface area contributed by atoms with Crippen LogP contribution in [0.2, 0.25) is 0 Å². The number of esters is 1. The van der Waals surface area contributed by atoms with Crippen LogP contribution in [0.1, 0.15) is 41.3 Å². The first kappa shape index (κ1) is 20.6. The van der Waals surface area contributed by atoms with Gasteiger partial charge in [0.05, 0.1) is 12.2 Å². The van der Waals surface area contributed by atoms with E-state index < -0.39 is 18.5 Å². The largest absolute Gasteiger partial charge is 0.494 e. The number of rotatable bonds is 7. The smallest absolute Gasteiger partial charge is 0.331 e. The Balaban J connectivity index is 1.51. The lowest BCUT2D eigenvalue weighted by molar-refractivity contribution is -0.142. The van der Waals surface area contributed by atoms with Crippen molar-refractivity contribution in [2.24, 2.45) is 0 Å². The Bertz CT molecular complexity index is 954. The van der Waals surface area contributed by atoms with Crippen LogP contribution in [0.4, 0.5) is 5.00 Å². The molecule has 1 N–H and O–H groups in total. The molecule has 1 aromatic carbocycles. The number of fused-ring (bicyclic) bond motifs is 1. The van der Waals surface area contributed by atoms with Gasteiger partial charge in [-0.25, -0.2) is 4.79 Å². The van der Waals surface area contributed by atoms with E-state index in [1.54, 1.807) is 6.08 Å². The first-order valence-corrected chi connectivity index (χ1v) is 10.3. The molecule has 0 fully saturated rings. The van der Waals surface area contributed by atoms with Gasteiger partial charge in [-0.05, 0) is 61.9 Å². The van der Waals surface area contributed by atoms with E-state index in [2.05, 4.69) is 11.4 Å². The molecule has 0 aliphatic heterocycles. The second kappa shape index (κ2) is 9.89. The average Bonchev–Trinajstić information content (AvgIpc) is 3.08. The molecule has 2 aromatic rings. The minimum absolute atomic E-state index is 0.403. The number of thiophene rings is 1. The number of ether oxygens (including phenoxy) is 2. The molecule has 7 heteroatoms. The predicted octanol–water partition coefficient (Wildman–Crippen LogP) is 4.09. The fraction of sp³-hybridized carbons (Fsp3) is 0.318. The third-order valence-corrected chi connectivity index (χ3v) is 5.69. The summed E-state index contributed by atoms with van der Waals surface area (Å²) in [6, 6.07) is 9.47. The summed E-state index contributed by atoms with van der Waals surface area (Å²) in [5, 5.41) is 12.7. The Kier molecular flexibility index (Phi) is 7.04. The molecule has 0 saturated carbocycles. The highest BCUT2D eigenvalue weighted by Gasteiger charge is 2.21. The van der Waals surface area contributed by atoms with E-state index in [0.29, 0.717) is 17.2 Å². The molecule has 29 heavy (non-hydrogen) atoms. The molecule has 1 aliphatic carbocycles. The minimum Gasteiger partial charge on any atom is -0.494 e. The average molecular weight is 410 g/mol. The van der Waals surface area contributed by atoms with Gasteiger partial charge in [-0.3, -0.25) is 4.79 Å². The molecule has 0 spiro atoms. The molecule has 1 aromatic heterocycles. The van der Waals surface area contributed by atoms with E-state index >= 15 is 0 Å². The van der Waals surface area contributed by atoms with Crippen LogP contribution >= 0.6 is 11.3 Å². The van der Waals surface area contributed by atoms with Crippen molar-refractivity contribution >= 4 is 34.3 Å². The van der Waals surface area contributed by atoms with E-state index in [0.717, 1.165) is 42.6 Å². The van der Waals surface area contributed by atoms with Gasteiger partial charge in [0.15, 0.2) is 6.61 Å². The number of nitrogens with one attached hydrogen (secondary N) is 1. The van der Waals surface area contributed by atoms with Crippen molar-refractivity contribution in [2.75, 3.05) is 18.5 Å². The van der Waals surface area contributed by atoms with Gasteiger partial charge in [0.2, 0.25) is 0 Å². The zero-order valence-electron chi connectivity index (χ0n) is 16.2. The Morgan fingerprint density at radius 3 is 2.72 bits per heavy atom. The topological polar surface area (TPSA) is 88.4 Å². The summed E-state index contributed by atoms with van der Waals surface area (Å²) in [4.78, 5) is 25.2. The molecule has 150 valence electrons. The van der Waals surface area contributed by atoms with Gasteiger partial charge in [-0.1, -0.05) is 12.1 Å². The standard InChI is InChI=1S/C22H22N2O4S/c1-2-27-16-10-7-15(8-11-16)9-12-21(26)28-14-20(25)24-22-18(13-23)17-5-3-4-6-19(17)29-22/h7-12H,2-6,14H2,1H3,(H,24,25)/b12-9+. The molecule has 0 unspecified atom stereocenters. The van der Waals surface area contributed by atoms with Gasteiger partial charge in [-0.15, -0.1) is 11.3 Å². The number of amides is 1. The van der Waals surface area contributed by atoms with Crippen molar-refractivity contribution in [2.45, 2.75) is 32.6 Å². The lowest BCUT2D eigenvalue weighted by atomic mass is 9.96. The van der Waals surface area contributed by atoms with E-state index in [1.165, 1.54) is 22.3 Å². The van der Waals surface area contributed by atoms with Crippen LogP contribution in [0.25, 0.3) is 6.08 Å². The number of nitriles is 1. The minimum atomic E-state index is -0.611. The van der Waals surface area contributed by atoms with Crippen LogP contribution in [0.5, 0.6) is 5.75 Å². The number of hydrogen-bond acceptors (Lipinski definition) is 6. The van der Waals surface area contributed by atoms with Gasteiger partial charge < -0.3 is 14.8 Å². The van der Waals surface area contributed by atoms with Crippen molar-refractivity contribution in [3.8, 4) is 11.8 Å². The molecule has 0 atom stereocenters. The molecule has 1 aliphatic rings. The van der Waals surface area contributed by atoms with Gasteiger partial charge in [0.1, 0.15) is 16.8 Å². The maximum Gasteiger partial charge on any atom is 0.331 e. The Morgan fingerprint density at radius 2 is 2.00 bits per heavy atom. The van der Waals surface area contributed by atoms with E-state index in [-0.39, 0.29) is 0 Å². The van der Waals surface area contributed by atoms with Gasteiger partial charge in [0, 0.05) is 11.0 Å². The number of aryl methyl sites for hydroxylation is 1. The Hall–Kier alpha value is -3.11. The summed E-state index contributed by atoms with van der Waals surface area (Å²) in [5.41, 5.74) is 2.41. The van der Waals surface area contributed by atoms with Crippen LogP contribution in [-0.4, -0.2) is 25.1 Å². The zero-order chi connectivity index (χ0) is 20.6. The van der Waals surface area contributed by atoms with E-state index in [9.17, 15) is 14.9 Å². The highest BCUT2D eigenvalue weighted by molar-refractivity contribution is 7.16. The van der Waals surface area contributed by atoms with E-state index in [4.69, 9.17) is 9.47 Å². The quantitative estimate of drug-likeness (QED) is 0.549. The lowest BCUT2D eigenvalue weighted by Crippen LogP contribution is -2.20. The third kappa shape index (κ3) is 5.46. The monoisotopic (exact) mass is 410 g/mol. The molecule has 0 saturated heterocycles. The number of carbonyl (C=O) groups is 2. The van der Waals surface area contributed by atoms with Crippen molar-refractivity contribution in [1.82, 2.24) is 0 Å². The van der Waals surface area contributed by atoms with Crippen LogP contribution in [0, 0.1) is 11.3 Å². The fourth-order valence-corrected chi connectivity index (χ4v) is 4.38. The maximum atomic E-state index is 12.1. The summed E-state index contributed by atoms with van der Waals surface area (Å²) in [6.45, 7) is 2.10. The molecule has 3 rings (SSSR count). The van der Waals surface area contributed by atoms with Crippen LogP contribution in [0.3, 0.4) is 0 Å². The predicted molar refractivity (Wildman–Crippen MR) is 112 cm³/mol. The molecule has 1 heterocycles. The normalized spacial score (nSPS) is 12.8. The highest BCUT2D eigenvalue weighted by Crippen LogP contribution is 2.37. The summed E-state index contributed by atoms with van der Waals surface area (Å²) in [6.07, 6.45) is 6.85. The van der Waals surface area contributed by atoms with E-state index in [1.807, 2.05) is 31.2 Å². The third-order valence-electron chi connectivity index (χ3n) is 4.48. The zero-order valence-corrected chi connectivity index (χ0v) is 17.0. The summed E-state index contributed by atoms with van der Waals surface area (Å²) in [5.74, 6) is -0.307. The van der Waals surface area contributed by atoms with Crippen molar-refractivity contribution in [3.63, 3.8) is 0 Å². The van der Waals surface area contributed by atoms with Crippen LogP contribution in [-0.2, 0) is 27.2 Å². The Labute approximate surface area is 173 Å². The molecule has 6 nitrogen and oxygen atoms in total. The SMILES string of the molecule is CCOc1ccc(/C=C/C(=O)OCC(=O)Nc2sc3c(c2C#N)CCCC3)cc1. The van der Waals surface area contributed by atoms with Crippen molar-refractivity contribution in [3.05, 3.63) is 51.9 Å². The number of benzene rings is 1. The number of anilines is 1. The van der Waals surface area contributed by atoms with Gasteiger partial charge in [0.25, 0.3) is 5.91 Å². The molecule has 1 amide bonds. The van der Waals surface area contributed by atoms with Crippen molar-refractivity contribution < 1.29 is 19.1 Å². The summed E-state index contributed by atoms with van der Waals surface area (Å²) >= 11 is 1.44. The second-order valence-corrected chi connectivity index (χ2v) is 7.62. The molecule has 0 radical (unpaired) electrons. The van der Waals surface area contributed by atoms with Crippen molar-refractivity contribution in [1.29, 1.82) is 5.26 Å². The summed E-state index contributed by atoms with van der Waals surface area (Å²) in [7, 11) is 0. The van der Waals surface area contributed by atoms with Crippen LogP contribution < -0.4 is 10.1 Å². The maximum absolute atomic E-state index is 12.1. The second-order valence-electron chi connectivity index (χ2n) is 6.52. The van der Waals surface area contributed by atoms with Gasteiger partial charge >= 0.3 is 5.97 Å². The van der Waals surface area contributed by atoms with Gasteiger partial charge in [-0.2, -0.15) is 5.26 Å². The summed E-state index contributed by atoms with van der Waals surface area (Å²) < 4.78 is 10.4. The number of nitrogens with zero attached hydrogens (tertiary/aromatic N) is 1. The number of hydrogen-bond donors (Lipinski definition) is 1. The fourth-order valence-electron chi connectivity index (χ4n) is 3.13. The molecule has 0 bridgehead atoms.